The van der Waals surface area contributed by atoms with Gasteiger partial charge < -0.3 is 20.1 Å². The van der Waals surface area contributed by atoms with E-state index in [1.165, 1.54) is 0 Å². The number of nitrogens with two attached hydrogens (primary N) is 1. The molecule has 2 fully saturated rings. The van der Waals surface area contributed by atoms with Crippen molar-refractivity contribution in [3.8, 4) is 5.75 Å². The van der Waals surface area contributed by atoms with Gasteiger partial charge in [0.15, 0.2) is 0 Å². The lowest BCUT2D eigenvalue weighted by molar-refractivity contribution is -0.139. The summed E-state index contributed by atoms with van der Waals surface area (Å²) in [4.78, 5) is 15.2. The third-order valence-electron chi connectivity index (χ3n) is 5.38. The first kappa shape index (κ1) is 21.0. The summed E-state index contributed by atoms with van der Waals surface area (Å²) in [5.74, 6) is 1.09. The molecule has 2 aliphatic rings. The van der Waals surface area contributed by atoms with E-state index in [1.807, 2.05) is 29.2 Å². The number of benzene rings is 1. The molecular weight excluding hydrogens is 352 g/mol. The van der Waals surface area contributed by atoms with Crippen LogP contribution in [0.25, 0.3) is 0 Å². The molecule has 1 aromatic carbocycles. The number of carbonyl (C=O) groups is 1. The predicted molar refractivity (Wildman–Crippen MR) is 105 cm³/mol. The van der Waals surface area contributed by atoms with Gasteiger partial charge in [-0.25, -0.2) is 0 Å². The van der Waals surface area contributed by atoms with Crippen LogP contribution in [0, 0.1) is 5.92 Å². The molecule has 26 heavy (non-hydrogen) atoms. The molecule has 1 aliphatic heterocycles. The van der Waals surface area contributed by atoms with Crippen LogP contribution in [0.3, 0.4) is 0 Å². The van der Waals surface area contributed by atoms with Gasteiger partial charge in [0.1, 0.15) is 5.75 Å². The van der Waals surface area contributed by atoms with Gasteiger partial charge in [0.05, 0.1) is 13.2 Å². The topological polar surface area (TPSA) is 64.8 Å². The molecule has 5 nitrogen and oxygen atoms in total. The Kier molecular flexibility index (Phi) is 8.19. The number of para-hydroxylation sites is 1. The molecule has 0 aromatic heterocycles. The molecule has 1 heterocycles. The summed E-state index contributed by atoms with van der Waals surface area (Å²) in [7, 11) is 1.67. The highest BCUT2D eigenvalue weighted by Gasteiger charge is 2.31. The summed E-state index contributed by atoms with van der Waals surface area (Å²) in [5, 5.41) is 0. The van der Waals surface area contributed by atoms with Crippen LogP contribution in [0.15, 0.2) is 24.3 Å². The Bertz CT molecular complexity index is 578. The minimum Gasteiger partial charge on any atom is -0.496 e. The number of hydrogen-bond acceptors (Lipinski definition) is 4. The van der Waals surface area contributed by atoms with Crippen LogP contribution in [0.1, 0.15) is 44.1 Å². The van der Waals surface area contributed by atoms with Gasteiger partial charge in [-0.15, -0.1) is 12.4 Å². The van der Waals surface area contributed by atoms with Gasteiger partial charge in [-0.05, 0) is 38.2 Å². The zero-order valence-corrected chi connectivity index (χ0v) is 16.4. The van der Waals surface area contributed by atoms with Gasteiger partial charge in [-0.2, -0.15) is 0 Å². The third-order valence-corrected chi connectivity index (χ3v) is 5.38. The highest BCUT2D eigenvalue weighted by molar-refractivity contribution is 5.85. The second kappa shape index (κ2) is 10.1. The zero-order valence-electron chi connectivity index (χ0n) is 15.6. The summed E-state index contributed by atoms with van der Waals surface area (Å²) in [5.41, 5.74) is 7.15. The summed E-state index contributed by atoms with van der Waals surface area (Å²) >= 11 is 0. The van der Waals surface area contributed by atoms with Crippen molar-refractivity contribution in [1.29, 1.82) is 0 Å². The van der Waals surface area contributed by atoms with Crippen LogP contribution in [-0.2, 0) is 16.1 Å². The fraction of sp³-hybridized carbons (Fsp3) is 0.650. The third kappa shape index (κ3) is 5.35. The van der Waals surface area contributed by atoms with Crippen LogP contribution < -0.4 is 10.5 Å². The number of carbonyl (C=O) groups excluding carboxylic acids is 1. The van der Waals surface area contributed by atoms with Crippen molar-refractivity contribution in [3.63, 3.8) is 0 Å². The number of amides is 1. The molecule has 2 N–H and O–H groups in total. The number of nitrogens with zero attached hydrogens (tertiary/aromatic N) is 1. The van der Waals surface area contributed by atoms with Crippen LogP contribution >= 0.6 is 12.4 Å². The molecule has 146 valence electrons. The molecule has 1 saturated heterocycles. The molecule has 1 saturated carbocycles. The lowest BCUT2D eigenvalue weighted by Gasteiger charge is -2.33. The molecule has 1 aliphatic carbocycles. The van der Waals surface area contributed by atoms with Gasteiger partial charge in [0.2, 0.25) is 5.91 Å². The first-order chi connectivity index (χ1) is 12.2. The maximum Gasteiger partial charge on any atom is 0.226 e. The maximum absolute atomic E-state index is 13.2. The van der Waals surface area contributed by atoms with Crippen molar-refractivity contribution in [2.45, 2.75) is 57.2 Å². The lowest BCUT2D eigenvalue weighted by Crippen LogP contribution is -2.43. The van der Waals surface area contributed by atoms with Crippen molar-refractivity contribution < 1.29 is 14.3 Å². The van der Waals surface area contributed by atoms with E-state index in [2.05, 4.69) is 0 Å². The van der Waals surface area contributed by atoms with E-state index in [0.717, 1.165) is 56.4 Å². The number of halogens is 1. The molecule has 6 heteroatoms. The van der Waals surface area contributed by atoms with Gasteiger partial charge >= 0.3 is 0 Å². The number of rotatable bonds is 6. The van der Waals surface area contributed by atoms with E-state index >= 15 is 0 Å². The second-order valence-electron chi connectivity index (χ2n) is 7.29. The zero-order chi connectivity index (χ0) is 17.6. The quantitative estimate of drug-likeness (QED) is 0.820. The van der Waals surface area contributed by atoms with Crippen molar-refractivity contribution >= 4 is 18.3 Å². The van der Waals surface area contributed by atoms with Gasteiger partial charge in [0.25, 0.3) is 0 Å². The molecule has 1 aromatic rings. The molecule has 0 bridgehead atoms. The first-order valence-corrected chi connectivity index (χ1v) is 9.45. The van der Waals surface area contributed by atoms with Crippen LogP contribution in [0.5, 0.6) is 5.75 Å². The Morgan fingerprint density at radius 1 is 1.27 bits per heavy atom. The molecule has 0 radical (unpaired) electrons. The Labute approximate surface area is 162 Å². The highest BCUT2D eigenvalue weighted by Crippen LogP contribution is 2.28. The van der Waals surface area contributed by atoms with Crippen molar-refractivity contribution in [2.75, 3.05) is 20.3 Å². The number of ether oxygens (including phenoxy) is 2. The number of hydrogen-bond donors (Lipinski definition) is 1. The molecular formula is C20H31ClN2O3. The Morgan fingerprint density at radius 3 is 2.77 bits per heavy atom. The molecule has 3 unspecified atom stereocenters. The van der Waals surface area contributed by atoms with Gasteiger partial charge in [-0.3, -0.25) is 4.79 Å². The van der Waals surface area contributed by atoms with E-state index < -0.39 is 0 Å². The SMILES string of the molecule is COc1ccccc1CN(CC1CCCO1)C(=O)C1CCCC(N)C1.Cl. The largest absolute Gasteiger partial charge is 0.496 e. The maximum atomic E-state index is 13.2. The smallest absolute Gasteiger partial charge is 0.226 e. The lowest BCUT2D eigenvalue weighted by atomic mass is 9.85. The minimum atomic E-state index is 0. The van der Waals surface area contributed by atoms with Crippen LogP contribution in [-0.4, -0.2) is 43.2 Å². The van der Waals surface area contributed by atoms with Crippen molar-refractivity contribution in [2.24, 2.45) is 11.7 Å². The average Bonchev–Trinajstić information content (AvgIpc) is 3.14. The van der Waals surface area contributed by atoms with Crippen LogP contribution in [0.4, 0.5) is 0 Å². The van der Waals surface area contributed by atoms with E-state index in [0.29, 0.717) is 13.1 Å². The Hall–Kier alpha value is -1.30. The Balaban J connectivity index is 0.00000243. The fourth-order valence-electron chi connectivity index (χ4n) is 4.02. The molecule has 3 rings (SSSR count). The van der Waals surface area contributed by atoms with Crippen LogP contribution in [0.2, 0.25) is 0 Å². The van der Waals surface area contributed by atoms with E-state index in [9.17, 15) is 4.79 Å². The summed E-state index contributed by atoms with van der Waals surface area (Å²) in [6.07, 6.45) is 6.07. The molecule has 1 amide bonds. The summed E-state index contributed by atoms with van der Waals surface area (Å²) in [6.45, 7) is 2.02. The normalized spacial score (nSPS) is 25.4. The second-order valence-corrected chi connectivity index (χ2v) is 7.29. The van der Waals surface area contributed by atoms with Gasteiger partial charge in [-0.1, -0.05) is 24.6 Å². The summed E-state index contributed by atoms with van der Waals surface area (Å²) < 4.78 is 11.3. The van der Waals surface area contributed by atoms with E-state index in [4.69, 9.17) is 15.2 Å². The summed E-state index contributed by atoms with van der Waals surface area (Å²) in [6, 6.07) is 8.07. The monoisotopic (exact) mass is 382 g/mol. The van der Waals surface area contributed by atoms with E-state index in [1.54, 1.807) is 7.11 Å². The highest BCUT2D eigenvalue weighted by atomic mass is 35.5. The average molecular weight is 383 g/mol. The predicted octanol–water partition coefficient (Wildman–Crippen LogP) is 3.14. The fourth-order valence-corrected chi connectivity index (χ4v) is 4.02. The van der Waals surface area contributed by atoms with Gasteiger partial charge in [0, 0.05) is 37.2 Å². The minimum absolute atomic E-state index is 0. The van der Waals surface area contributed by atoms with E-state index in [-0.39, 0.29) is 36.4 Å². The Morgan fingerprint density at radius 2 is 2.08 bits per heavy atom. The van der Waals surface area contributed by atoms with Crippen molar-refractivity contribution in [1.82, 2.24) is 4.90 Å². The van der Waals surface area contributed by atoms with Crippen molar-refractivity contribution in [3.05, 3.63) is 29.8 Å². The molecule has 3 atom stereocenters. The number of methoxy groups -OCH3 is 1. The molecule has 0 spiro atoms. The first-order valence-electron chi connectivity index (χ1n) is 9.45. The standard InChI is InChI=1S/C20H30N2O3.ClH/c1-24-19-10-3-2-6-16(19)13-22(14-18-9-5-11-25-18)20(23)15-7-4-8-17(21)12-15;/h2-3,6,10,15,17-18H,4-5,7-9,11-14,21H2,1H3;1H.